The molecule has 1 N–H and O–H groups in total. The molecule has 0 aliphatic carbocycles. The van der Waals surface area contributed by atoms with Gasteiger partial charge < -0.3 is 19.1 Å². The summed E-state index contributed by atoms with van der Waals surface area (Å²) >= 11 is 0. The molecule has 0 amide bonds. The van der Waals surface area contributed by atoms with Gasteiger partial charge in [-0.05, 0) is 35.4 Å². The Bertz CT molecular complexity index is 1340. The Balaban J connectivity index is 1.65. The Morgan fingerprint density at radius 1 is 1.06 bits per heavy atom. The summed E-state index contributed by atoms with van der Waals surface area (Å²) in [7, 11) is 2.02. The number of aromatic nitrogens is 1. The number of ether oxygens (including phenoxy) is 2. The van der Waals surface area contributed by atoms with Crippen molar-refractivity contribution in [2.75, 3.05) is 46.7 Å². The zero-order valence-electron chi connectivity index (χ0n) is 20.0. The maximum absolute atomic E-state index is 12.3. The number of hydrogen-bond acceptors (Lipinski definition) is 6. The molecule has 34 heavy (non-hydrogen) atoms. The van der Waals surface area contributed by atoms with Crippen LogP contribution in [0.4, 0.5) is 0 Å². The van der Waals surface area contributed by atoms with E-state index in [1.807, 2.05) is 37.4 Å². The summed E-state index contributed by atoms with van der Waals surface area (Å²) in [5.41, 5.74) is 3.93. The number of fused-ring (bicyclic) bond motifs is 4. The van der Waals surface area contributed by atoms with E-state index in [9.17, 15) is 13.5 Å². The first-order chi connectivity index (χ1) is 16.2. The van der Waals surface area contributed by atoms with Crippen molar-refractivity contribution in [1.82, 2.24) is 13.8 Å². The molecule has 0 radical (unpaired) electrons. The third-order valence-corrected chi connectivity index (χ3v) is 8.56. The van der Waals surface area contributed by atoms with Crippen molar-refractivity contribution in [3.8, 4) is 11.5 Å². The molecule has 3 heterocycles. The second kappa shape index (κ2) is 8.27. The first kappa shape index (κ1) is 23.2. The largest absolute Gasteiger partial charge is 0.497 e. The van der Waals surface area contributed by atoms with E-state index in [2.05, 4.69) is 21.6 Å². The minimum absolute atomic E-state index is 0.0376. The number of nitrogens with zero attached hydrogens (tertiary/aromatic N) is 3. The average Bonchev–Trinajstić information content (AvgIpc) is 3.08. The molecule has 1 fully saturated rings. The lowest BCUT2D eigenvalue weighted by atomic mass is 9.70. The zero-order chi connectivity index (χ0) is 24.3. The number of benzene rings is 2. The van der Waals surface area contributed by atoms with Gasteiger partial charge in [-0.2, -0.15) is 0 Å². The number of aliphatic hydroxyl groups is 1. The summed E-state index contributed by atoms with van der Waals surface area (Å²) in [6.45, 7) is 2.09. The highest BCUT2D eigenvalue weighted by molar-refractivity contribution is 7.88. The molecule has 5 rings (SSSR count). The molecule has 1 spiro atoms. The average molecular weight is 486 g/mol. The molecular weight excluding hydrogens is 454 g/mol. The minimum Gasteiger partial charge on any atom is -0.497 e. The number of aryl methyl sites for hydroxylation is 1. The summed E-state index contributed by atoms with van der Waals surface area (Å²) in [5.74, 6) is 1.55. The standard InChI is InChI=1S/C25H31N3O5S/c1-26-21-11-19(33-3)8-9-20(21)23-24(26)22(13-29)27(12-17-6-5-7-18(10-17)32-2)14-25(23)15-28(16-25)34(4,30)31/h5-11,22,29H,12-16H2,1-4H3/t22-/m0/s1. The third-order valence-electron chi connectivity index (χ3n) is 7.37. The van der Waals surface area contributed by atoms with E-state index in [1.165, 1.54) is 6.26 Å². The fourth-order valence-corrected chi connectivity index (χ4v) is 6.72. The van der Waals surface area contributed by atoms with Crippen molar-refractivity contribution < 1.29 is 23.0 Å². The molecule has 1 atom stereocenters. The molecule has 2 aliphatic heterocycles. The maximum Gasteiger partial charge on any atom is 0.211 e. The summed E-state index contributed by atoms with van der Waals surface area (Å²) in [6, 6.07) is 13.7. The Hall–Kier alpha value is -2.59. The van der Waals surface area contributed by atoms with Crippen molar-refractivity contribution in [2.24, 2.45) is 7.05 Å². The predicted octanol–water partition coefficient (Wildman–Crippen LogP) is 2.26. The van der Waals surface area contributed by atoms with E-state index >= 15 is 0 Å². The Labute approximate surface area is 200 Å². The van der Waals surface area contributed by atoms with Gasteiger partial charge in [0.25, 0.3) is 0 Å². The molecule has 2 aliphatic rings. The fraction of sp³-hybridized carbons (Fsp3) is 0.440. The molecule has 182 valence electrons. The lowest BCUT2D eigenvalue weighted by Gasteiger charge is -2.55. The lowest BCUT2D eigenvalue weighted by Crippen LogP contribution is -2.67. The Morgan fingerprint density at radius 2 is 1.76 bits per heavy atom. The molecule has 1 saturated heterocycles. The van der Waals surface area contributed by atoms with Crippen molar-refractivity contribution in [2.45, 2.75) is 18.0 Å². The Kier molecular flexibility index (Phi) is 5.63. The maximum atomic E-state index is 12.3. The summed E-state index contributed by atoms with van der Waals surface area (Å²) in [6.07, 6.45) is 1.27. The van der Waals surface area contributed by atoms with Crippen LogP contribution in [0.2, 0.25) is 0 Å². The molecule has 0 saturated carbocycles. The van der Waals surface area contributed by atoms with Gasteiger partial charge in [-0.3, -0.25) is 4.90 Å². The van der Waals surface area contributed by atoms with Crippen LogP contribution in [0.15, 0.2) is 42.5 Å². The van der Waals surface area contributed by atoms with Crippen molar-refractivity contribution >= 4 is 20.9 Å². The van der Waals surface area contributed by atoms with Crippen LogP contribution in [0.3, 0.4) is 0 Å². The van der Waals surface area contributed by atoms with E-state index in [-0.39, 0.29) is 18.1 Å². The van der Waals surface area contributed by atoms with Crippen LogP contribution in [0, 0.1) is 0 Å². The van der Waals surface area contributed by atoms with Gasteiger partial charge >= 0.3 is 0 Å². The number of sulfonamides is 1. The van der Waals surface area contributed by atoms with Crippen LogP contribution >= 0.6 is 0 Å². The van der Waals surface area contributed by atoms with Crippen molar-refractivity contribution in [3.63, 3.8) is 0 Å². The van der Waals surface area contributed by atoms with Gasteiger partial charge in [0, 0.05) is 55.8 Å². The van der Waals surface area contributed by atoms with Crippen molar-refractivity contribution in [3.05, 3.63) is 59.3 Å². The van der Waals surface area contributed by atoms with Gasteiger partial charge in [-0.1, -0.05) is 12.1 Å². The molecule has 8 nitrogen and oxygen atoms in total. The quantitative estimate of drug-likeness (QED) is 0.577. The molecular formula is C25H31N3O5S. The summed E-state index contributed by atoms with van der Waals surface area (Å²) in [4.78, 5) is 2.27. The van der Waals surface area contributed by atoms with Gasteiger partial charge in [0.2, 0.25) is 10.0 Å². The van der Waals surface area contributed by atoms with E-state index in [0.29, 0.717) is 26.2 Å². The smallest absolute Gasteiger partial charge is 0.211 e. The second-order valence-electron chi connectivity index (χ2n) is 9.47. The van der Waals surface area contributed by atoms with Gasteiger partial charge in [-0.25, -0.2) is 12.7 Å². The molecule has 0 unspecified atom stereocenters. The third kappa shape index (κ3) is 3.58. The van der Waals surface area contributed by atoms with Crippen LogP contribution in [-0.4, -0.2) is 74.0 Å². The van der Waals surface area contributed by atoms with E-state index in [4.69, 9.17) is 9.47 Å². The number of rotatable bonds is 6. The van der Waals surface area contributed by atoms with E-state index < -0.39 is 10.0 Å². The molecule has 2 aromatic carbocycles. The Morgan fingerprint density at radius 3 is 2.41 bits per heavy atom. The van der Waals surface area contributed by atoms with Crippen molar-refractivity contribution in [1.29, 1.82) is 0 Å². The highest BCUT2D eigenvalue weighted by atomic mass is 32.2. The highest BCUT2D eigenvalue weighted by Gasteiger charge is 2.55. The normalized spacial score (nSPS) is 20.3. The number of hydrogen-bond donors (Lipinski definition) is 1. The monoisotopic (exact) mass is 485 g/mol. The summed E-state index contributed by atoms with van der Waals surface area (Å²) in [5, 5.41) is 11.7. The van der Waals surface area contributed by atoms with Gasteiger partial charge in [0.05, 0.1) is 38.6 Å². The molecule has 3 aromatic rings. The fourth-order valence-electron chi connectivity index (χ4n) is 5.76. The summed E-state index contributed by atoms with van der Waals surface area (Å²) < 4.78 is 39.2. The van der Waals surface area contributed by atoms with Crippen LogP contribution < -0.4 is 9.47 Å². The minimum atomic E-state index is -3.28. The van der Waals surface area contributed by atoms with E-state index in [0.717, 1.165) is 39.2 Å². The molecule has 9 heteroatoms. The first-order valence-electron chi connectivity index (χ1n) is 11.3. The van der Waals surface area contributed by atoms with Gasteiger partial charge in [0.1, 0.15) is 11.5 Å². The van der Waals surface area contributed by atoms with Crippen LogP contribution in [0.25, 0.3) is 10.9 Å². The second-order valence-corrected chi connectivity index (χ2v) is 11.5. The number of aliphatic hydroxyl groups excluding tert-OH is 1. The lowest BCUT2D eigenvalue weighted by molar-refractivity contribution is 0.0243. The van der Waals surface area contributed by atoms with Crippen LogP contribution in [0.5, 0.6) is 11.5 Å². The number of methoxy groups -OCH3 is 2. The topological polar surface area (TPSA) is 84.2 Å². The van der Waals surface area contributed by atoms with E-state index in [1.54, 1.807) is 18.5 Å². The van der Waals surface area contributed by atoms with Crippen LogP contribution in [-0.2, 0) is 29.0 Å². The van der Waals surface area contributed by atoms with Gasteiger partial charge in [-0.15, -0.1) is 0 Å². The first-order valence-corrected chi connectivity index (χ1v) is 13.2. The molecule has 1 aromatic heterocycles. The van der Waals surface area contributed by atoms with Crippen LogP contribution in [0.1, 0.15) is 22.9 Å². The molecule has 0 bridgehead atoms. The highest BCUT2D eigenvalue weighted by Crippen LogP contribution is 2.50. The zero-order valence-corrected chi connectivity index (χ0v) is 20.8. The predicted molar refractivity (Wildman–Crippen MR) is 131 cm³/mol. The van der Waals surface area contributed by atoms with Gasteiger partial charge in [0.15, 0.2) is 0 Å². The SMILES string of the molecule is COc1cccc(CN2CC3(CN(S(C)(=O)=O)C3)c3c(n(C)c4cc(OC)ccc34)[C@@H]2CO)c1.